The molecular weight excluding hydrogens is 330 g/mol. The Balaban J connectivity index is 2.24. The lowest BCUT2D eigenvalue weighted by molar-refractivity contribution is 0.572. The zero-order chi connectivity index (χ0) is 14.7. The van der Waals surface area contributed by atoms with E-state index in [1.807, 2.05) is 24.3 Å². The number of anilines is 2. The van der Waals surface area contributed by atoms with Crippen molar-refractivity contribution >= 4 is 27.6 Å². The van der Waals surface area contributed by atoms with Crippen molar-refractivity contribution in [3.8, 4) is 0 Å². The number of nitrogens with one attached hydrogen (secondary N) is 1. The van der Waals surface area contributed by atoms with Crippen LogP contribution in [0.2, 0.25) is 0 Å². The predicted molar refractivity (Wildman–Crippen MR) is 78.2 cm³/mol. The SMILES string of the molecule is CN(Cc1ccc(Br)cc1)c1nc(NN)c(F)cc1F. The minimum Gasteiger partial charge on any atom is -0.353 e. The van der Waals surface area contributed by atoms with E-state index in [2.05, 4.69) is 26.3 Å². The van der Waals surface area contributed by atoms with Crippen LogP contribution in [0.1, 0.15) is 5.56 Å². The molecule has 20 heavy (non-hydrogen) atoms. The van der Waals surface area contributed by atoms with Gasteiger partial charge < -0.3 is 10.3 Å². The van der Waals surface area contributed by atoms with Crippen LogP contribution in [0.25, 0.3) is 0 Å². The zero-order valence-corrected chi connectivity index (χ0v) is 12.3. The van der Waals surface area contributed by atoms with E-state index < -0.39 is 11.6 Å². The summed E-state index contributed by atoms with van der Waals surface area (Å²) >= 11 is 3.35. The molecule has 1 aromatic heterocycles. The molecule has 0 spiro atoms. The summed E-state index contributed by atoms with van der Waals surface area (Å²) in [5.74, 6) is 3.42. The van der Waals surface area contributed by atoms with Crippen LogP contribution in [0.3, 0.4) is 0 Å². The quantitative estimate of drug-likeness (QED) is 0.662. The molecule has 0 fully saturated rings. The van der Waals surface area contributed by atoms with E-state index in [0.29, 0.717) is 6.54 Å². The number of hydrogen-bond donors (Lipinski definition) is 2. The number of hydrogen-bond acceptors (Lipinski definition) is 4. The first kappa shape index (κ1) is 14.7. The summed E-state index contributed by atoms with van der Waals surface area (Å²) in [6.07, 6.45) is 0. The van der Waals surface area contributed by atoms with Crippen LogP contribution < -0.4 is 16.2 Å². The minimum atomic E-state index is -0.828. The molecule has 0 unspecified atom stereocenters. The summed E-state index contributed by atoms with van der Waals surface area (Å²) in [5, 5.41) is 0. The second-order valence-corrected chi connectivity index (χ2v) is 5.17. The van der Waals surface area contributed by atoms with Crippen molar-refractivity contribution in [2.75, 3.05) is 17.4 Å². The Bertz CT molecular complexity index is 604. The number of benzene rings is 1. The van der Waals surface area contributed by atoms with Crippen molar-refractivity contribution in [3.05, 3.63) is 52.0 Å². The molecule has 0 aliphatic carbocycles. The highest BCUT2D eigenvalue weighted by molar-refractivity contribution is 9.10. The lowest BCUT2D eigenvalue weighted by Crippen LogP contribution is -2.21. The molecule has 106 valence electrons. The van der Waals surface area contributed by atoms with Gasteiger partial charge in [0.25, 0.3) is 0 Å². The first-order valence-electron chi connectivity index (χ1n) is 5.79. The highest BCUT2D eigenvalue weighted by atomic mass is 79.9. The summed E-state index contributed by atoms with van der Waals surface area (Å²) < 4.78 is 28.0. The molecule has 0 radical (unpaired) electrons. The smallest absolute Gasteiger partial charge is 0.178 e. The van der Waals surface area contributed by atoms with Crippen LogP contribution in [0.5, 0.6) is 0 Å². The van der Waals surface area contributed by atoms with Gasteiger partial charge in [0, 0.05) is 24.1 Å². The van der Waals surface area contributed by atoms with Gasteiger partial charge in [-0.3, -0.25) is 0 Å². The molecular formula is C13H13BrF2N4. The van der Waals surface area contributed by atoms with Gasteiger partial charge in [-0.1, -0.05) is 28.1 Å². The zero-order valence-electron chi connectivity index (χ0n) is 10.7. The summed E-state index contributed by atoms with van der Waals surface area (Å²) in [6.45, 7) is 0.437. The molecule has 0 aliphatic heterocycles. The van der Waals surface area contributed by atoms with E-state index in [9.17, 15) is 8.78 Å². The van der Waals surface area contributed by atoms with Crippen LogP contribution in [0, 0.1) is 11.6 Å². The fourth-order valence-corrected chi connectivity index (χ4v) is 2.03. The Labute approximate surface area is 123 Å². The summed E-state index contributed by atoms with van der Waals surface area (Å²) in [7, 11) is 1.67. The van der Waals surface area contributed by atoms with E-state index in [-0.39, 0.29) is 11.6 Å². The highest BCUT2D eigenvalue weighted by Crippen LogP contribution is 2.22. The molecule has 0 aliphatic rings. The van der Waals surface area contributed by atoms with Crippen LogP contribution >= 0.6 is 15.9 Å². The van der Waals surface area contributed by atoms with Crippen molar-refractivity contribution < 1.29 is 8.78 Å². The normalized spacial score (nSPS) is 10.4. The van der Waals surface area contributed by atoms with Crippen LogP contribution in [-0.4, -0.2) is 12.0 Å². The van der Waals surface area contributed by atoms with Gasteiger partial charge in [-0.25, -0.2) is 19.6 Å². The monoisotopic (exact) mass is 342 g/mol. The Morgan fingerprint density at radius 2 is 1.90 bits per heavy atom. The van der Waals surface area contributed by atoms with Crippen molar-refractivity contribution in [2.24, 2.45) is 5.84 Å². The van der Waals surface area contributed by atoms with Gasteiger partial charge in [-0.05, 0) is 17.7 Å². The third-order valence-corrected chi connectivity index (χ3v) is 3.27. The maximum absolute atomic E-state index is 13.8. The van der Waals surface area contributed by atoms with Gasteiger partial charge in [0.05, 0.1) is 0 Å². The highest BCUT2D eigenvalue weighted by Gasteiger charge is 2.15. The number of halogens is 3. The first-order valence-corrected chi connectivity index (χ1v) is 6.59. The van der Waals surface area contributed by atoms with Crippen molar-refractivity contribution in [2.45, 2.75) is 6.54 Å². The lowest BCUT2D eigenvalue weighted by Gasteiger charge is -2.19. The van der Waals surface area contributed by atoms with Gasteiger partial charge >= 0.3 is 0 Å². The Hall–Kier alpha value is -1.73. The number of aromatic nitrogens is 1. The largest absolute Gasteiger partial charge is 0.353 e. The summed E-state index contributed by atoms with van der Waals surface area (Å²) in [4.78, 5) is 5.42. The minimum absolute atomic E-state index is 0.0299. The van der Waals surface area contributed by atoms with Crippen LogP contribution in [0.15, 0.2) is 34.8 Å². The Morgan fingerprint density at radius 3 is 2.50 bits per heavy atom. The fourth-order valence-electron chi connectivity index (χ4n) is 1.76. The van der Waals surface area contributed by atoms with Crippen LogP contribution in [-0.2, 0) is 6.54 Å². The Morgan fingerprint density at radius 1 is 1.25 bits per heavy atom. The molecule has 2 rings (SSSR count). The van der Waals surface area contributed by atoms with Crippen molar-refractivity contribution in [1.29, 1.82) is 0 Å². The molecule has 0 bridgehead atoms. The topological polar surface area (TPSA) is 54.2 Å². The number of hydrazine groups is 1. The summed E-state index contributed by atoms with van der Waals surface area (Å²) in [6, 6.07) is 8.36. The molecule has 0 atom stereocenters. The summed E-state index contributed by atoms with van der Waals surface area (Å²) in [5.41, 5.74) is 3.08. The van der Waals surface area contributed by atoms with Gasteiger partial charge in [0.15, 0.2) is 23.3 Å². The fraction of sp³-hybridized carbons (Fsp3) is 0.154. The standard InChI is InChI=1S/C13H13BrF2N4/c1-20(7-8-2-4-9(14)5-3-8)13-11(16)6-10(15)12(18-13)19-17/h2-6H,7,17H2,1H3,(H,18,19). The third-order valence-electron chi connectivity index (χ3n) is 2.74. The molecule has 0 saturated heterocycles. The maximum Gasteiger partial charge on any atom is 0.178 e. The predicted octanol–water partition coefficient (Wildman–Crippen LogP) is 3.04. The molecule has 2 aromatic rings. The van der Waals surface area contributed by atoms with Crippen LogP contribution in [0.4, 0.5) is 20.4 Å². The van der Waals surface area contributed by atoms with Crippen molar-refractivity contribution in [1.82, 2.24) is 4.98 Å². The molecule has 7 heteroatoms. The maximum atomic E-state index is 13.8. The number of pyridine rings is 1. The van der Waals surface area contributed by atoms with Gasteiger partial charge in [0.1, 0.15) is 0 Å². The molecule has 1 heterocycles. The number of nitrogens with zero attached hydrogens (tertiary/aromatic N) is 2. The van der Waals surface area contributed by atoms with E-state index >= 15 is 0 Å². The number of nitrogens with two attached hydrogens (primary N) is 1. The molecule has 0 amide bonds. The Kier molecular flexibility index (Phi) is 4.51. The first-order chi connectivity index (χ1) is 9.51. The second kappa shape index (κ2) is 6.15. The van der Waals surface area contributed by atoms with Gasteiger partial charge in [-0.15, -0.1) is 0 Å². The molecule has 3 N–H and O–H groups in total. The molecule has 4 nitrogen and oxygen atoms in total. The number of rotatable bonds is 4. The van der Waals surface area contributed by atoms with Crippen molar-refractivity contribution in [3.63, 3.8) is 0 Å². The molecule has 0 saturated carbocycles. The number of nitrogen functional groups attached to an aromatic ring is 1. The van der Waals surface area contributed by atoms with Gasteiger partial charge in [0.2, 0.25) is 0 Å². The third kappa shape index (κ3) is 3.23. The lowest BCUT2D eigenvalue weighted by atomic mass is 10.2. The van der Waals surface area contributed by atoms with Gasteiger partial charge in [-0.2, -0.15) is 0 Å². The van der Waals surface area contributed by atoms with E-state index in [1.165, 1.54) is 0 Å². The van der Waals surface area contributed by atoms with E-state index in [4.69, 9.17) is 5.84 Å². The average Bonchev–Trinajstić information content (AvgIpc) is 2.41. The second-order valence-electron chi connectivity index (χ2n) is 4.25. The van der Waals surface area contributed by atoms with E-state index in [1.54, 1.807) is 11.9 Å². The van der Waals surface area contributed by atoms with E-state index in [0.717, 1.165) is 16.1 Å². The average molecular weight is 343 g/mol. The molecule has 1 aromatic carbocycles.